The average molecular weight is 462 g/mol. The number of nitrogens with zero attached hydrogens (tertiary/aromatic N) is 3. The molecule has 0 bridgehead atoms. The molecule has 1 aromatic carbocycles. The normalized spacial score (nSPS) is 15.2. The second-order valence-electron chi connectivity index (χ2n) is 7.02. The minimum Gasteiger partial charge on any atom is -0.437 e. The van der Waals surface area contributed by atoms with Crippen molar-refractivity contribution >= 4 is 50.6 Å². The van der Waals surface area contributed by atoms with Gasteiger partial charge in [0.05, 0.1) is 26.2 Å². The van der Waals surface area contributed by atoms with Gasteiger partial charge >= 0.3 is 0 Å². The Balaban J connectivity index is 1.36. The Morgan fingerprint density at radius 3 is 2.91 bits per heavy atom. The molecule has 0 spiro atoms. The standard InChI is InChI=1S/C23H16ClN5O2S/c24-17-11-15(5-8-19(17)31-21-3-1-2-10-25-21)29-23-22-18(26-13-27-23)12-16(32-22)7-4-14-6-9-20(30)28-14/h1-3,5,8,10-14H,6,9H2,(H,28,30)(H,26,27,29)/t14-/m1/s1. The molecule has 32 heavy (non-hydrogen) atoms. The van der Waals surface area contributed by atoms with Crippen molar-refractivity contribution in [1.29, 1.82) is 0 Å². The summed E-state index contributed by atoms with van der Waals surface area (Å²) in [7, 11) is 0. The molecule has 0 aliphatic carbocycles. The van der Waals surface area contributed by atoms with Gasteiger partial charge in [-0.2, -0.15) is 0 Å². The summed E-state index contributed by atoms with van der Waals surface area (Å²) in [5.74, 6) is 7.95. The Hall–Kier alpha value is -3.67. The number of nitrogens with one attached hydrogen (secondary N) is 2. The number of pyridine rings is 1. The first-order valence-electron chi connectivity index (χ1n) is 9.85. The van der Waals surface area contributed by atoms with E-state index in [1.54, 1.807) is 24.4 Å². The first-order chi connectivity index (χ1) is 15.6. The zero-order chi connectivity index (χ0) is 21.9. The average Bonchev–Trinajstić information content (AvgIpc) is 3.41. The van der Waals surface area contributed by atoms with Crippen LogP contribution < -0.4 is 15.4 Å². The van der Waals surface area contributed by atoms with E-state index in [9.17, 15) is 4.79 Å². The summed E-state index contributed by atoms with van der Waals surface area (Å²) in [5.41, 5.74) is 1.56. The van der Waals surface area contributed by atoms with E-state index >= 15 is 0 Å². The maximum absolute atomic E-state index is 11.3. The number of fused-ring (bicyclic) bond motifs is 1. The zero-order valence-corrected chi connectivity index (χ0v) is 18.2. The molecule has 1 aliphatic rings. The first-order valence-corrected chi connectivity index (χ1v) is 11.0. The van der Waals surface area contributed by atoms with Crippen LogP contribution in [-0.4, -0.2) is 26.9 Å². The third-order valence-corrected chi connectivity index (χ3v) is 6.06. The van der Waals surface area contributed by atoms with E-state index in [-0.39, 0.29) is 11.9 Å². The van der Waals surface area contributed by atoms with Gasteiger partial charge in [-0.1, -0.05) is 29.5 Å². The van der Waals surface area contributed by atoms with Crippen LogP contribution in [0.25, 0.3) is 10.2 Å². The van der Waals surface area contributed by atoms with E-state index in [1.165, 1.54) is 17.7 Å². The van der Waals surface area contributed by atoms with Crippen LogP contribution in [0.5, 0.6) is 11.6 Å². The molecule has 4 aromatic rings. The summed E-state index contributed by atoms with van der Waals surface area (Å²) < 4.78 is 6.61. The molecule has 7 nitrogen and oxygen atoms in total. The zero-order valence-electron chi connectivity index (χ0n) is 16.6. The van der Waals surface area contributed by atoms with E-state index in [2.05, 4.69) is 37.4 Å². The number of anilines is 2. The van der Waals surface area contributed by atoms with Gasteiger partial charge in [-0.15, -0.1) is 11.3 Å². The van der Waals surface area contributed by atoms with Gasteiger partial charge in [-0.25, -0.2) is 15.0 Å². The molecule has 0 saturated carbocycles. The van der Waals surface area contributed by atoms with Crippen molar-refractivity contribution in [2.75, 3.05) is 5.32 Å². The number of hydrogen-bond donors (Lipinski definition) is 2. The number of aromatic nitrogens is 3. The minimum atomic E-state index is -0.0923. The quantitative estimate of drug-likeness (QED) is 0.420. The summed E-state index contributed by atoms with van der Waals surface area (Å²) in [6.45, 7) is 0. The molecule has 2 N–H and O–H groups in total. The molecule has 0 radical (unpaired) electrons. The van der Waals surface area contributed by atoms with E-state index in [0.29, 0.717) is 28.9 Å². The number of thiophene rings is 1. The lowest BCUT2D eigenvalue weighted by Gasteiger charge is -2.10. The molecule has 1 aliphatic heterocycles. The van der Waals surface area contributed by atoms with E-state index < -0.39 is 0 Å². The summed E-state index contributed by atoms with van der Waals surface area (Å²) >= 11 is 7.91. The largest absolute Gasteiger partial charge is 0.437 e. The lowest BCUT2D eigenvalue weighted by molar-refractivity contribution is -0.119. The molecule has 1 fully saturated rings. The van der Waals surface area contributed by atoms with Gasteiger partial charge in [0.15, 0.2) is 5.82 Å². The Labute approximate surface area is 192 Å². The van der Waals surface area contributed by atoms with Crippen molar-refractivity contribution in [3.05, 3.63) is 64.9 Å². The third kappa shape index (κ3) is 4.49. The van der Waals surface area contributed by atoms with Crippen LogP contribution in [0.3, 0.4) is 0 Å². The highest BCUT2D eigenvalue weighted by molar-refractivity contribution is 7.20. The van der Waals surface area contributed by atoms with Crippen LogP contribution in [0, 0.1) is 11.8 Å². The number of ether oxygens (including phenoxy) is 1. The molecule has 1 amide bonds. The van der Waals surface area contributed by atoms with Crippen LogP contribution in [0.15, 0.2) is 55.0 Å². The lowest BCUT2D eigenvalue weighted by Crippen LogP contribution is -2.23. The molecule has 4 heterocycles. The molecule has 3 aromatic heterocycles. The number of benzene rings is 1. The topological polar surface area (TPSA) is 89.0 Å². The van der Waals surface area contributed by atoms with Crippen LogP contribution in [0.2, 0.25) is 5.02 Å². The highest BCUT2D eigenvalue weighted by Crippen LogP contribution is 2.34. The molecule has 1 atom stereocenters. The summed E-state index contributed by atoms with van der Waals surface area (Å²) in [6, 6.07) is 12.7. The number of carbonyl (C=O) groups excluding carboxylic acids is 1. The van der Waals surface area contributed by atoms with Gasteiger partial charge < -0.3 is 15.4 Å². The fourth-order valence-electron chi connectivity index (χ4n) is 3.20. The highest BCUT2D eigenvalue weighted by atomic mass is 35.5. The van der Waals surface area contributed by atoms with Crippen molar-refractivity contribution < 1.29 is 9.53 Å². The Bertz CT molecular complexity index is 1360. The van der Waals surface area contributed by atoms with Crippen LogP contribution in [0.4, 0.5) is 11.5 Å². The van der Waals surface area contributed by atoms with Gasteiger partial charge in [0, 0.05) is 24.4 Å². The van der Waals surface area contributed by atoms with Crippen molar-refractivity contribution in [2.45, 2.75) is 18.9 Å². The van der Waals surface area contributed by atoms with E-state index in [4.69, 9.17) is 16.3 Å². The van der Waals surface area contributed by atoms with Gasteiger partial charge in [-0.05, 0) is 36.8 Å². The third-order valence-electron chi connectivity index (χ3n) is 4.72. The van der Waals surface area contributed by atoms with Crippen LogP contribution in [0.1, 0.15) is 17.7 Å². The second kappa shape index (κ2) is 8.83. The first kappa shape index (κ1) is 20.2. The van der Waals surface area contributed by atoms with E-state index in [0.717, 1.165) is 27.2 Å². The van der Waals surface area contributed by atoms with Gasteiger partial charge in [0.25, 0.3) is 0 Å². The summed E-state index contributed by atoms with van der Waals surface area (Å²) in [4.78, 5) is 25.1. The molecule has 5 rings (SSSR count). The Kier molecular flexibility index (Phi) is 5.58. The highest BCUT2D eigenvalue weighted by Gasteiger charge is 2.18. The minimum absolute atomic E-state index is 0.0492. The van der Waals surface area contributed by atoms with E-state index in [1.807, 2.05) is 24.3 Å². The molecular weight excluding hydrogens is 446 g/mol. The fourth-order valence-corrected chi connectivity index (χ4v) is 4.34. The number of carbonyl (C=O) groups is 1. The van der Waals surface area contributed by atoms with Gasteiger partial charge in [0.2, 0.25) is 11.8 Å². The maximum atomic E-state index is 11.3. The fraction of sp³-hybridized carbons (Fsp3) is 0.130. The smallest absolute Gasteiger partial charge is 0.221 e. The van der Waals surface area contributed by atoms with Crippen molar-refractivity contribution in [2.24, 2.45) is 0 Å². The summed E-state index contributed by atoms with van der Waals surface area (Å²) in [6.07, 6.45) is 4.43. The second-order valence-corrected chi connectivity index (χ2v) is 8.48. The predicted octanol–water partition coefficient (Wildman–Crippen LogP) is 4.91. The van der Waals surface area contributed by atoms with Crippen LogP contribution in [-0.2, 0) is 4.79 Å². The molecule has 1 saturated heterocycles. The van der Waals surface area contributed by atoms with Gasteiger partial charge in [0.1, 0.15) is 12.1 Å². The van der Waals surface area contributed by atoms with Crippen LogP contribution >= 0.6 is 22.9 Å². The molecule has 0 unspecified atom stereocenters. The molecule has 9 heteroatoms. The lowest BCUT2D eigenvalue weighted by atomic mass is 10.2. The number of rotatable bonds is 4. The van der Waals surface area contributed by atoms with Crippen molar-refractivity contribution in [3.63, 3.8) is 0 Å². The van der Waals surface area contributed by atoms with Crippen molar-refractivity contribution in [3.8, 4) is 23.5 Å². The number of halogens is 1. The number of hydrogen-bond acceptors (Lipinski definition) is 7. The van der Waals surface area contributed by atoms with Gasteiger partial charge in [-0.3, -0.25) is 4.79 Å². The predicted molar refractivity (Wildman–Crippen MR) is 125 cm³/mol. The maximum Gasteiger partial charge on any atom is 0.221 e. The van der Waals surface area contributed by atoms with Crippen molar-refractivity contribution in [1.82, 2.24) is 20.3 Å². The SMILES string of the molecule is O=C1CC[C@@H](C#Cc2cc3ncnc(Nc4ccc(Oc5ccccn5)c(Cl)c4)c3s2)N1. The Morgan fingerprint density at radius 1 is 1.19 bits per heavy atom. The summed E-state index contributed by atoms with van der Waals surface area (Å²) in [5, 5.41) is 6.59. The monoisotopic (exact) mass is 461 g/mol. The number of amides is 1. The molecule has 158 valence electrons. The Morgan fingerprint density at radius 2 is 2.12 bits per heavy atom. The molecular formula is C23H16ClN5O2S.